The molecule has 1 aromatic heterocycles. The Balaban J connectivity index is 1.53. The Morgan fingerprint density at radius 2 is 2.03 bits per heavy atom. The SMILES string of the molecule is CCc1cccc2c([C@@H](CC(=O)NCCN3CCOCC3)c3cccc(F)c3)c[nH]c12. The minimum atomic E-state index is -0.288. The predicted octanol–water partition coefficient (Wildman–Crippen LogP) is 3.84. The number of aromatic amines is 1. The molecule has 1 saturated heterocycles. The van der Waals surface area contributed by atoms with E-state index in [0.29, 0.717) is 6.54 Å². The Kier molecular flexibility index (Phi) is 6.99. The van der Waals surface area contributed by atoms with Crippen LogP contribution in [0.4, 0.5) is 4.39 Å². The highest BCUT2D eigenvalue weighted by molar-refractivity contribution is 5.88. The number of fused-ring (bicyclic) bond motifs is 1. The van der Waals surface area contributed by atoms with Gasteiger partial charge in [0.25, 0.3) is 0 Å². The lowest BCUT2D eigenvalue weighted by Gasteiger charge is -2.26. The van der Waals surface area contributed by atoms with Crippen molar-refractivity contribution in [2.75, 3.05) is 39.4 Å². The number of rotatable bonds is 8. The molecular formula is C25H30FN3O2. The molecule has 1 atom stereocenters. The van der Waals surface area contributed by atoms with Crippen LogP contribution in [0.3, 0.4) is 0 Å². The molecule has 164 valence electrons. The molecule has 0 unspecified atom stereocenters. The molecule has 1 fully saturated rings. The van der Waals surface area contributed by atoms with Crippen molar-refractivity contribution in [1.82, 2.24) is 15.2 Å². The summed E-state index contributed by atoms with van der Waals surface area (Å²) in [5.74, 6) is -0.534. The van der Waals surface area contributed by atoms with E-state index in [2.05, 4.69) is 34.3 Å². The third kappa shape index (κ3) is 5.14. The van der Waals surface area contributed by atoms with Crippen LogP contribution in [0.2, 0.25) is 0 Å². The molecule has 6 heteroatoms. The molecule has 5 nitrogen and oxygen atoms in total. The number of aryl methyl sites for hydroxylation is 1. The highest BCUT2D eigenvalue weighted by Crippen LogP contribution is 2.34. The van der Waals surface area contributed by atoms with Crippen molar-refractivity contribution < 1.29 is 13.9 Å². The molecule has 2 heterocycles. The standard InChI is InChI=1S/C25H30FN3O2/c1-2-18-5-4-8-21-23(17-28-25(18)21)22(19-6-3-7-20(26)15-19)16-24(30)27-9-10-29-11-13-31-14-12-29/h3-8,15,17,22,28H,2,9-14,16H2,1H3,(H,27,30)/t22-/m0/s1. The summed E-state index contributed by atoms with van der Waals surface area (Å²) in [6.07, 6.45) is 3.17. The highest BCUT2D eigenvalue weighted by Gasteiger charge is 2.22. The van der Waals surface area contributed by atoms with E-state index in [-0.39, 0.29) is 24.1 Å². The highest BCUT2D eigenvalue weighted by atomic mass is 19.1. The van der Waals surface area contributed by atoms with E-state index in [1.54, 1.807) is 6.07 Å². The van der Waals surface area contributed by atoms with Gasteiger partial charge in [0.2, 0.25) is 5.91 Å². The number of ether oxygens (including phenoxy) is 1. The number of hydrogen-bond acceptors (Lipinski definition) is 3. The number of carbonyl (C=O) groups is 1. The average molecular weight is 424 g/mol. The molecule has 4 rings (SSSR count). The number of morpholine rings is 1. The van der Waals surface area contributed by atoms with Crippen molar-refractivity contribution in [1.29, 1.82) is 0 Å². The summed E-state index contributed by atoms with van der Waals surface area (Å²) in [5, 5.41) is 4.14. The molecule has 1 aliphatic rings. The lowest BCUT2D eigenvalue weighted by Crippen LogP contribution is -2.41. The molecule has 0 aliphatic carbocycles. The lowest BCUT2D eigenvalue weighted by molar-refractivity contribution is -0.121. The van der Waals surface area contributed by atoms with Crippen molar-refractivity contribution >= 4 is 16.8 Å². The number of aromatic nitrogens is 1. The Morgan fingerprint density at radius 3 is 2.81 bits per heavy atom. The number of amides is 1. The maximum absolute atomic E-state index is 14.0. The summed E-state index contributed by atoms with van der Waals surface area (Å²) in [7, 11) is 0. The monoisotopic (exact) mass is 423 g/mol. The van der Waals surface area contributed by atoms with Crippen LogP contribution >= 0.6 is 0 Å². The molecule has 2 N–H and O–H groups in total. The second kappa shape index (κ2) is 10.1. The number of nitrogens with zero attached hydrogens (tertiary/aromatic N) is 1. The number of carbonyl (C=O) groups excluding carboxylic acids is 1. The van der Waals surface area contributed by atoms with Crippen LogP contribution in [0.5, 0.6) is 0 Å². The second-order valence-electron chi connectivity index (χ2n) is 8.05. The Morgan fingerprint density at radius 1 is 1.23 bits per heavy atom. The van der Waals surface area contributed by atoms with Gasteiger partial charge in [0.1, 0.15) is 5.82 Å². The van der Waals surface area contributed by atoms with Crippen LogP contribution in [0.25, 0.3) is 10.9 Å². The lowest BCUT2D eigenvalue weighted by atomic mass is 9.87. The zero-order valence-corrected chi connectivity index (χ0v) is 18.0. The Labute approximate surface area is 182 Å². The summed E-state index contributed by atoms with van der Waals surface area (Å²) >= 11 is 0. The van der Waals surface area contributed by atoms with Gasteiger partial charge in [-0.2, -0.15) is 0 Å². The molecule has 0 saturated carbocycles. The molecule has 0 radical (unpaired) electrons. The maximum atomic E-state index is 14.0. The number of hydrogen-bond donors (Lipinski definition) is 2. The quantitative estimate of drug-likeness (QED) is 0.579. The molecule has 1 amide bonds. The first-order valence-electron chi connectivity index (χ1n) is 11.1. The zero-order valence-electron chi connectivity index (χ0n) is 18.0. The van der Waals surface area contributed by atoms with Gasteiger partial charge in [-0.3, -0.25) is 9.69 Å². The molecule has 2 aromatic carbocycles. The van der Waals surface area contributed by atoms with E-state index in [1.807, 2.05) is 18.3 Å². The normalized spacial score (nSPS) is 15.8. The van der Waals surface area contributed by atoms with Gasteiger partial charge in [0.05, 0.1) is 13.2 Å². The summed E-state index contributed by atoms with van der Waals surface area (Å²) in [6, 6.07) is 12.8. The van der Waals surface area contributed by atoms with Crippen LogP contribution in [-0.2, 0) is 16.0 Å². The minimum Gasteiger partial charge on any atom is -0.379 e. The van der Waals surface area contributed by atoms with Crippen LogP contribution < -0.4 is 5.32 Å². The van der Waals surface area contributed by atoms with Gasteiger partial charge < -0.3 is 15.0 Å². The van der Waals surface area contributed by atoms with Gasteiger partial charge in [0.15, 0.2) is 0 Å². The predicted molar refractivity (Wildman–Crippen MR) is 121 cm³/mol. The van der Waals surface area contributed by atoms with Gasteiger partial charge in [-0.1, -0.05) is 37.3 Å². The van der Waals surface area contributed by atoms with E-state index in [1.165, 1.54) is 17.7 Å². The van der Waals surface area contributed by atoms with Crippen molar-refractivity contribution in [3.05, 3.63) is 71.2 Å². The van der Waals surface area contributed by atoms with Gasteiger partial charge in [-0.25, -0.2) is 4.39 Å². The van der Waals surface area contributed by atoms with E-state index in [4.69, 9.17) is 4.74 Å². The number of para-hydroxylation sites is 1. The minimum absolute atomic E-state index is 0.0245. The molecule has 0 bridgehead atoms. The molecule has 3 aromatic rings. The fraction of sp³-hybridized carbons (Fsp3) is 0.400. The summed E-state index contributed by atoms with van der Waals surface area (Å²) in [5.41, 5.74) is 4.16. The van der Waals surface area contributed by atoms with Crippen LogP contribution in [0.1, 0.15) is 36.0 Å². The second-order valence-corrected chi connectivity index (χ2v) is 8.05. The van der Waals surface area contributed by atoms with E-state index in [0.717, 1.165) is 61.3 Å². The number of benzene rings is 2. The summed E-state index contributed by atoms with van der Waals surface area (Å²) < 4.78 is 19.4. The van der Waals surface area contributed by atoms with Crippen LogP contribution in [0, 0.1) is 5.82 Å². The third-order valence-electron chi connectivity index (χ3n) is 6.08. The number of nitrogens with one attached hydrogen (secondary N) is 2. The van der Waals surface area contributed by atoms with E-state index in [9.17, 15) is 9.18 Å². The number of halogens is 1. The van der Waals surface area contributed by atoms with Crippen molar-refractivity contribution in [3.8, 4) is 0 Å². The first kappa shape index (κ1) is 21.5. The van der Waals surface area contributed by atoms with E-state index >= 15 is 0 Å². The Bertz CT molecular complexity index is 1030. The van der Waals surface area contributed by atoms with Gasteiger partial charge in [0, 0.05) is 55.6 Å². The summed E-state index contributed by atoms with van der Waals surface area (Å²) in [4.78, 5) is 18.5. The van der Waals surface area contributed by atoms with Gasteiger partial charge in [-0.15, -0.1) is 0 Å². The fourth-order valence-corrected chi connectivity index (χ4v) is 4.39. The smallest absolute Gasteiger partial charge is 0.220 e. The van der Waals surface area contributed by atoms with Crippen molar-refractivity contribution in [3.63, 3.8) is 0 Å². The van der Waals surface area contributed by atoms with Crippen LogP contribution in [-0.4, -0.2) is 55.2 Å². The third-order valence-corrected chi connectivity index (χ3v) is 6.08. The molecule has 1 aliphatic heterocycles. The Hall–Kier alpha value is -2.70. The first-order valence-corrected chi connectivity index (χ1v) is 11.1. The molecular weight excluding hydrogens is 393 g/mol. The van der Waals surface area contributed by atoms with E-state index < -0.39 is 0 Å². The average Bonchev–Trinajstić information content (AvgIpc) is 3.22. The largest absolute Gasteiger partial charge is 0.379 e. The van der Waals surface area contributed by atoms with Crippen molar-refractivity contribution in [2.45, 2.75) is 25.7 Å². The van der Waals surface area contributed by atoms with Gasteiger partial charge in [-0.05, 0) is 35.2 Å². The van der Waals surface area contributed by atoms with Gasteiger partial charge >= 0.3 is 0 Å². The zero-order chi connectivity index (χ0) is 21.6. The summed E-state index contributed by atoms with van der Waals surface area (Å²) in [6.45, 7) is 6.83. The fourth-order valence-electron chi connectivity index (χ4n) is 4.39. The maximum Gasteiger partial charge on any atom is 0.220 e. The number of H-pyrrole nitrogens is 1. The molecule has 31 heavy (non-hydrogen) atoms. The van der Waals surface area contributed by atoms with Crippen molar-refractivity contribution in [2.24, 2.45) is 0 Å². The topological polar surface area (TPSA) is 57.4 Å². The van der Waals surface area contributed by atoms with Crippen LogP contribution in [0.15, 0.2) is 48.7 Å². The first-order chi connectivity index (χ1) is 15.2. The molecule has 0 spiro atoms.